The molecule has 2 rings (SSSR count). The van der Waals surface area contributed by atoms with Gasteiger partial charge in [0.1, 0.15) is 5.01 Å². The Balaban J connectivity index is 2.34. The van der Waals surface area contributed by atoms with Crippen molar-refractivity contribution in [3.63, 3.8) is 0 Å². The van der Waals surface area contributed by atoms with Crippen LogP contribution in [0.2, 0.25) is 0 Å². The van der Waals surface area contributed by atoms with Crippen molar-refractivity contribution in [2.45, 2.75) is 34.2 Å². The van der Waals surface area contributed by atoms with E-state index in [1.807, 2.05) is 0 Å². The van der Waals surface area contributed by atoms with Crippen molar-refractivity contribution in [1.82, 2.24) is 10.3 Å². The second-order valence-electron chi connectivity index (χ2n) is 4.68. The van der Waals surface area contributed by atoms with Crippen LogP contribution in [0.4, 0.5) is 0 Å². The first-order valence-corrected chi connectivity index (χ1v) is 7.23. The smallest absolute Gasteiger partial charge is 0.107 e. The number of nitrogens with zero attached hydrogens (tertiary/aromatic N) is 1. The van der Waals surface area contributed by atoms with Crippen molar-refractivity contribution in [2.75, 3.05) is 6.54 Å². The van der Waals surface area contributed by atoms with Crippen molar-refractivity contribution in [3.05, 3.63) is 39.2 Å². The average molecular weight is 260 g/mol. The monoisotopic (exact) mass is 260 g/mol. The summed E-state index contributed by atoms with van der Waals surface area (Å²) in [6.07, 6.45) is 0. The molecule has 0 aliphatic carbocycles. The third-order valence-corrected chi connectivity index (χ3v) is 3.86. The summed E-state index contributed by atoms with van der Waals surface area (Å²) in [6, 6.07) is 4.46. The van der Waals surface area contributed by atoms with Gasteiger partial charge in [0.05, 0.1) is 5.69 Å². The second kappa shape index (κ2) is 5.63. The van der Waals surface area contributed by atoms with Crippen LogP contribution in [0, 0.1) is 20.8 Å². The lowest BCUT2D eigenvalue weighted by molar-refractivity contribution is 0.723. The zero-order valence-corrected chi connectivity index (χ0v) is 12.3. The first-order valence-electron chi connectivity index (χ1n) is 6.35. The van der Waals surface area contributed by atoms with Crippen molar-refractivity contribution >= 4 is 11.3 Å². The fourth-order valence-electron chi connectivity index (χ4n) is 2.32. The molecule has 2 aromatic rings. The van der Waals surface area contributed by atoms with Gasteiger partial charge in [-0.15, -0.1) is 11.3 Å². The lowest BCUT2D eigenvalue weighted by atomic mass is 9.98. The number of nitrogens with one attached hydrogen (secondary N) is 1. The fourth-order valence-corrected chi connectivity index (χ4v) is 3.08. The normalized spacial score (nSPS) is 10.9. The Morgan fingerprint density at radius 2 is 1.83 bits per heavy atom. The molecule has 0 radical (unpaired) electrons. The molecule has 0 fully saturated rings. The lowest BCUT2D eigenvalue weighted by Crippen LogP contribution is -2.11. The number of aromatic nitrogens is 1. The van der Waals surface area contributed by atoms with Crippen LogP contribution in [0.1, 0.15) is 28.6 Å². The van der Waals surface area contributed by atoms with Crippen molar-refractivity contribution in [1.29, 1.82) is 0 Å². The van der Waals surface area contributed by atoms with Crippen LogP contribution >= 0.6 is 11.3 Å². The Labute approximate surface area is 113 Å². The zero-order valence-electron chi connectivity index (χ0n) is 11.5. The number of hydrogen-bond donors (Lipinski definition) is 1. The molecule has 96 valence electrons. The summed E-state index contributed by atoms with van der Waals surface area (Å²) >= 11 is 1.73. The standard InChI is InChI=1S/C15H20N2S/c1-5-16-8-14-17-13(9-18-14)15-11(3)6-10(2)7-12(15)4/h6-7,9,16H,5,8H2,1-4H3. The van der Waals surface area contributed by atoms with Gasteiger partial charge < -0.3 is 5.32 Å². The summed E-state index contributed by atoms with van der Waals surface area (Å²) in [5, 5.41) is 6.64. The highest BCUT2D eigenvalue weighted by Gasteiger charge is 2.10. The molecule has 0 spiro atoms. The molecule has 0 bridgehead atoms. The quantitative estimate of drug-likeness (QED) is 0.903. The summed E-state index contributed by atoms with van der Waals surface area (Å²) < 4.78 is 0. The first kappa shape index (κ1) is 13.2. The van der Waals surface area contributed by atoms with Gasteiger partial charge in [0.15, 0.2) is 0 Å². The van der Waals surface area contributed by atoms with E-state index in [1.165, 1.54) is 22.3 Å². The summed E-state index contributed by atoms with van der Waals surface area (Å²) in [7, 11) is 0. The maximum Gasteiger partial charge on any atom is 0.107 e. The highest BCUT2D eigenvalue weighted by atomic mass is 32.1. The molecule has 1 heterocycles. The summed E-state index contributed by atoms with van der Waals surface area (Å²) in [5.74, 6) is 0. The van der Waals surface area contributed by atoms with Crippen LogP contribution in [0.3, 0.4) is 0 Å². The van der Waals surface area contributed by atoms with Gasteiger partial charge in [0, 0.05) is 17.5 Å². The van der Waals surface area contributed by atoms with Crippen LogP contribution in [0.25, 0.3) is 11.3 Å². The molecular weight excluding hydrogens is 240 g/mol. The Morgan fingerprint density at radius 1 is 1.17 bits per heavy atom. The van der Waals surface area contributed by atoms with Crippen molar-refractivity contribution < 1.29 is 0 Å². The van der Waals surface area contributed by atoms with E-state index >= 15 is 0 Å². The third kappa shape index (κ3) is 2.79. The molecule has 0 saturated carbocycles. The second-order valence-corrected chi connectivity index (χ2v) is 5.62. The van der Waals surface area contributed by atoms with Gasteiger partial charge in [-0.05, 0) is 38.4 Å². The molecule has 0 saturated heterocycles. The maximum atomic E-state index is 4.73. The molecule has 2 nitrogen and oxygen atoms in total. The number of thiazole rings is 1. The van der Waals surface area contributed by atoms with Gasteiger partial charge in [-0.2, -0.15) is 0 Å². The van der Waals surface area contributed by atoms with E-state index in [2.05, 4.69) is 50.5 Å². The molecule has 1 N–H and O–H groups in total. The third-order valence-electron chi connectivity index (χ3n) is 3.01. The lowest BCUT2D eigenvalue weighted by Gasteiger charge is -2.08. The fraction of sp³-hybridized carbons (Fsp3) is 0.400. The molecule has 1 aromatic heterocycles. The zero-order chi connectivity index (χ0) is 13.1. The van der Waals surface area contributed by atoms with Crippen LogP contribution in [-0.2, 0) is 6.54 Å². The van der Waals surface area contributed by atoms with Gasteiger partial charge >= 0.3 is 0 Å². The van der Waals surface area contributed by atoms with Crippen molar-refractivity contribution in [3.8, 4) is 11.3 Å². The minimum absolute atomic E-state index is 0.866. The number of rotatable bonds is 4. The average Bonchev–Trinajstić information content (AvgIpc) is 2.73. The van der Waals surface area contributed by atoms with E-state index < -0.39 is 0 Å². The predicted molar refractivity (Wildman–Crippen MR) is 79.1 cm³/mol. The minimum atomic E-state index is 0.866. The van der Waals surface area contributed by atoms with E-state index in [0.29, 0.717) is 0 Å². The van der Waals surface area contributed by atoms with Crippen molar-refractivity contribution in [2.24, 2.45) is 0 Å². The first-order chi connectivity index (χ1) is 8.61. The van der Waals surface area contributed by atoms with Gasteiger partial charge in [0.2, 0.25) is 0 Å². The minimum Gasteiger partial charge on any atom is -0.311 e. The molecule has 0 aliphatic rings. The van der Waals surface area contributed by atoms with Crippen LogP contribution in [0.15, 0.2) is 17.5 Å². The van der Waals surface area contributed by atoms with Gasteiger partial charge in [-0.3, -0.25) is 0 Å². The predicted octanol–water partition coefficient (Wildman–Crippen LogP) is 3.84. The van der Waals surface area contributed by atoms with Gasteiger partial charge in [-0.25, -0.2) is 4.98 Å². The maximum absolute atomic E-state index is 4.73. The molecule has 0 aliphatic heterocycles. The van der Waals surface area contributed by atoms with E-state index in [4.69, 9.17) is 4.98 Å². The molecule has 3 heteroatoms. The van der Waals surface area contributed by atoms with Crippen LogP contribution in [-0.4, -0.2) is 11.5 Å². The Morgan fingerprint density at radius 3 is 2.44 bits per heavy atom. The van der Waals surface area contributed by atoms with Gasteiger partial charge in [0.25, 0.3) is 0 Å². The van der Waals surface area contributed by atoms with E-state index in [-0.39, 0.29) is 0 Å². The molecule has 0 amide bonds. The number of aryl methyl sites for hydroxylation is 3. The Bertz CT molecular complexity index is 520. The largest absolute Gasteiger partial charge is 0.311 e. The van der Waals surface area contributed by atoms with E-state index in [9.17, 15) is 0 Å². The van der Waals surface area contributed by atoms with E-state index in [1.54, 1.807) is 11.3 Å². The number of hydrogen-bond acceptors (Lipinski definition) is 3. The Hall–Kier alpha value is -1.19. The van der Waals surface area contributed by atoms with Crippen LogP contribution < -0.4 is 5.32 Å². The highest BCUT2D eigenvalue weighted by Crippen LogP contribution is 2.29. The summed E-state index contributed by atoms with van der Waals surface area (Å²) in [6.45, 7) is 10.4. The molecule has 1 aromatic carbocycles. The van der Waals surface area contributed by atoms with Crippen LogP contribution in [0.5, 0.6) is 0 Å². The SMILES string of the molecule is CCNCc1nc(-c2c(C)cc(C)cc2C)cs1. The Kier molecular flexibility index (Phi) is 4.15. The van der Waals surface area contributed by atoms with E-state index in [0.717, 1.165) is 23.8 Å². The molecule has 0 atom stereocenters. The number of benzene rings is 1. The highest BCUT2D eigenvalue weighted by molar-refractivity contribution is 7.09. The summed E-state index contributed by atoms with van der Waals surface area (Å²) in [4.78, 5) is 4.73. The molecule has 18 heavy (non-hydrogen) atoms. The molecular formula is C15H20N2S. The molecule has 0 unspecified atom stereocenters. The topological polar surface area (TPSA) is 24.9 Å². The summed E-state index contributed by atoms with van der Waals surface area (Å²) in [5.41, 5.74) is 6.35. The van der Waals surface area contributed by atoms with Gasteiger partial charge in [-0.1, -0.05) is 24.6 Å².